The van der Waals surface area contributed by atoms with Gasteiger partial charge in [-0.15, -0.1) is 0 Å². The van der Waals surface area contributed by atoms with Crippen LogP contribution < -0.4 is 10.6 Å². The fourth-order valence-corrected chi connectivity index (χ4v) is 3.98. The molecule has 0 radical (unpaired) electrons. The quantitative estimate of drug-likeness (QED) is 0.810. The molecule has 0 spiro atoms. The number of piperidine rings is 2. The summed E-state index contributed by atoms with van der Waals surface area (Å²) in [6.45, 7) is 4.33. The van der Waals surface area contributed by atoms with Gasteiger partial charge in [0.15, 0.2) is 0 Å². The van der Waals surface area contributed by atoms with Gasteiger partial charge in [0.1, 0.15) is 0 Å². The molecule has 1 aromatic carbocycles. The van der Waals surface area contributed by atoms with Crippen LogP contribution in [0.3, 0.4) is 0 Å². The van der Waals surface area contributed by atoms with Crippen molar-refractivity contribution in [3.8, 4) is 0 Å². The molecule has 158 valence electrons. The summed E-state index contributed by atoms with van der Waals surface area (Å²) in [6.07, 6.45) is 2.82. The van der Waals surface area contributed by atoms with Gasteiger partial charge in [0.25, 0.3) is 0 Å². The van der Waals surface area contributed by atoms with Gasteiger partial charge in [-0.25, -0.2) is 9.59 Å². The van der Waals surface area contributed by atoms with Crippen molar-refractivity contribution >= 4 is 23.7 Å². The molecule has 1 aromatic rings. The molecule has 2 saturated heterocycles. The fourth-order valence-electron chi connectivity index (χ4n) is 3.98. The molecule has 3 rings (SSSR count). The third-order valence-electron chi connectivity index (χ3n) is 5.41. The number of para-hydroxylation sites is 1. The van der Waals surface area contributed by atoms with E-state index in [0.717, 1.165) is 31.4 Å². The summed E-state index contributed by atoms with van der Waals surface area (Å²) in [4.78, 5) is 40.8. The van der Waals surface area contributed by atoms with Crippen molar-refractivity contribution in [3.05, 3.63) is 30.3 Å². The molecule has 0 saturated carbocycles. The summed E-state index contributed by atoms with van der Waals surface area (Å²) in [5.41, 5.74) is 0.745. The van der Waals surface area contributed by atoms with E-state index in [9.17, 15) is 14.4 Å². The van der Waals surface area contributed by atoms with Crippen molar-refractivity contribution in [2.75, 3.05) is 38.1 Å². The highest BCUT2D eigenvalue weighted by Crippen LogP contribution is 2.22. The Morgan fingerprint density at radius 3 is 2.52 bits per heavy atom. The number of benzene rings is 1. The summed E-state index contributed by atoms with van der Waals surface area (Å²) >= 11 is 0. The third-order valence-corrected chi connectivity index (χ3v) is 5.41. The van der Waals surface area contributed by atoms with Crippen LogP contribution in [0.25, 0.3) is 0 Å². The summed E-state index contributed by atoms with van der Waals surface area (Å²) in [5.74, 6) is -0.135. The van der Waals surface area contributed by atoms with Crippen molar-refractivity contribution in [1.82, 2.24) is 15.1 Å². The topological polar surface area (TPSA) is 91.0 Å². The van der Waals surface area contributed by atoms with Crippen molar-refractivity contribution in [1.29, 1.82) is 0 Å². The van der Waals surface area contributed by atoms with Crippen LogP contribution in [0, 0.1) is 5.92 Å². The number of ether oxygens (including phenoxy) is 1. The first-order valence-electron chi connectivity index (χ1n) is 10.4. The fraction of sp³-hybridized carbons (Fsp3) is 0.571. The second-order valence-corrected chi connectivity index (χ2v) is 7.57. The predicted octanol–water partition coefficient (Wildman–Crippen LogP) is 2.67. The van der Waals surface area contributed by atoms with Crippen LogP contribution in [0.5, 0.6) is 0 Å². The number of urea groups is 1. The number of nitrogens with zero attached hydrogens (tertiary/aromatic N) is 2. The van der Waals surface area contributed by atoms with E-state index in [1.54, 1.807) is 11.8 Å². The zero-order valence-corrected chi connectivity index (χ0v) is 16.9. The molecule has 29 heavy (non-hydrogen) atoms. The number of anilines is 1. The summed E-state index contributed by atoms with van der Waals surface area (Å²) < 4.78 is 4.94. The van der Waals surface area contributed by atoms with Crippen LogP contribution >= 0.6 is 0 Å². The van der Waals surface area contributed by atoms with E-state index in [2.05, 4.69) is 10.6 Å². The molecule has 2 heterocycles. The highest BCUT2D eigenvalue weighted by Gasteiger charge is 2.33. The van der Waals surface area contributed by atoms with Crippen molar-refractivity contribution in [2.24, 2.45) is 5.92 Å². The average molecular weight is 402 g/mol. The minimum Gasteiger partial charge on any atom is -0.450 e. The van der Waals surface area contributed by atoms with E-state index in [1.165, 1.54) is 0 Å². The van der Waals surface area contributed by atoms with Gasteiger partial charge >= 0.3 is 12.1 Å². The van der Waals surface area contributed by atoms with Crippen LogP contribution in [-0.4, -0.2) is 66.7 Å². The molecular weight excluding hydrogens is 372 g/mol. The minimum atomic E-state index is -0.437. The predicted molar refractivity (Wildman–Crippen MR) is 110 cm³/mol. The number of alkyl carbamates (subject to hydrolysis) is 1. The molecule has 2 unspecified atom stereocenters. The van der Waals surface area contributed by atoms with Crippen LogP contribution in [0.2, 0.25) is 0 Å². The summed E-state index contributed by atoms with van der Waals surface area (Å²) in [5, 5.41) is 5.72. The number of nitrogens with one attached hydrogen (secondary N) is 2. The Kier molecular flexibility index (Phi) is 7.32. The van der Waals surface area contributed by atoms with Gasteiger partial charge in [0.05, 0.1) is 12.5 Å². The smallest absolute Gasteiger partial charge is 0.407 e. The molecule has 8 nitrogen and oxygen atoms in total. The molecule has 0 aliphatic carbocycles. The Labute approximate surface area is 171 Å². The summed E-state index contributed by atoms with van der Waals surface area (Å²) in [7, 11) is 0. The molecule has 2 aliphatic heterocycles. The van der Waals surface area contributed by atoms with Gasteiger partial charge in [-0.2, -0.15) is 0 Å². The standard InChI is InChI=1S/C21H30N4O4/c1-2-29-21(28)23-18-11-7-12-24(15-18)19(26)16-8-6-13-25(14-16)20(27)22-17-9-4-3-5-10-17/h3-5,9-10,16,18H,2,6-8,11-15H2,1H3,(H,22,27)(H,23,28). The van der Waals surface area contributed by atoms with Crippen LogP contribution in [0.1, 0.15) is 32.6 Å². The molecule has 0 aromatic heterocycles. The van der Waals surface area contributed by atoms with E-state index >= 15 is 0 Å². The zero-order valence-electron chi connectivity index (χ0n) is 16.9. The first-order valence-corrected chi connectivity index (χ1v) is 10.4. The number of amides is 4. The van der Waals surface area contributed by atoms with Gasteiger partial charge in [-0.1, -0.05) is 18.2 Å². The SMILES string of the molecule is CCOC(=O)NC1CCCN(C(=O)C2CCCN(C(=O)Nc3ccccc3)C2)C1. The van der Waals surface area contributed by atoms with Crippen LogP contribution in [0.15, 0.2) is 30.3 Å². The third kappa shape index (κ3) is 5.85. The summed E-state index contributed by atoms with van der Waals surface area (Å²) in [6, 6.07) is 9.06. The minimum absolute atomic E-state index is 0.0672. The average Bonchev–Trinajstić information content (AvgIpc) is 2.74. The lowest BCUT2D eigenvalue weighted by Crippen LogP contribution is -2.53. The highest BCUT2D eigenvalue weighted by molar-refractivity contribution is 5.90. The Morgan fingerprint density at radius 2 is 1.76 bits per heavy atom. The molecule has 8 heteroatoms. The maximum atomic E-state index is 13.1. The molecule has 4 amide bonds. The highest BCUT2D eigenvalue weighted by atomic mass is 16.5. The Hall–Kier alpha value is -2.77. The van der Waals surface area contributed by atoms with Crippen molar-refractivity contribution in [2.45, 2.75) is 38.6 Å². The zero-order chi connectivity index (χ0) is 20.6. The van der Waals surface area contributed by atoms with Gasteiger partial charge in [-0.3, -0.25) is 4.79 Å². The molecular formula is C21H30N4O4. The van der Waals surface area contributed by atoms with E-state index in [0.29, 0.717) is 32.8 Å². The lowest BCUT2D eigenvalue weighted by Gasteiger charge is -2.38. The number of carbonyl (C=O) groups is 3. The van der Waals surface area contributed by atoms with Crippen LogP contribution in [-0.2, 0) is 9.53 Å². The number of rotatable bonds is 4. The first-order chi connectivity index (χ1) is 14.1. The maximum Gasteiger partial charge on any atom is 0.407 e. The molecule has 2 fully saturated rings. The van der Waals surface area contributed by atoms with Gasteiger partial charge in [0, 0.05) is 37.9 Å². The number of likely N-dealkylation sites (tertiary alicyclic amines) is 2. The maximum absolute atomic E-state index is 13.1. The second kappa shape index (κ2) is 10.1. The number of hydrogen-bond acceptors (Lipinski definition) is 4. The van der Waals surface area contributed by atoms with Crippen molar-refractivity contribution in [3.63, 3.8) is 0 Å². The lowest BCUT2D eigenvalue weighted by atomic mass is 9.95. The lowest BCUT2D eigenvalue weighted by molar-refractivity contribution is -0.138. The van der Waals surface area contributed by atoms with E-state index < -0.39 is 6.09 Å². The van der Waals surface area contributed by atoms with Gasteiger partial charge < -0.3 is 25.2 Å². The Bertz CT molecular complexity index is 712. The number of hydrogen-bond donors (Lipinski definition) is 2. The molecule has 2 aliphatic rings. The monoisotopic (exact) mass is 402 g/mol. The van der Waals surface area contributed by atoms with Gasteiger partial charge in [0.2, 0.25) is 5.91 Å². The Balaban J connectivity index is 1.53. The second-order valence-electron chi connectivity index (χ2n) is 7.57. The van der Waals surface area contributed by atoms with Crippen molar-refractivity contribution < 1.29 is 19.1 Å². The Morgan fingerprint density at radius 1 is 1.03 bits per heavy atom. The van der Waals surface area contributed by atoms with Gasteiger partial charge in [-0.05, 0) is 44.7 Å². The molecule has 2 atom stereocenters. The molecule has 2 N–H and O–H groups in total. The largest absolute Gasteiger partial charge is 0.450 e. The normalized spacial score (nSPS) is 22.0. The first kappa shape index (κ1) is 21.0. The van der Waals surface area contributed by atoms with E-state index in [1.807, 2.05) is 35.2 Å². The molecule has 0 bridgehead atoms. The van der Waals surface area contributed by atoms with E-state index in [-0.39, 0.29) is 23.9 Å². The van der Waals surface area contributed by atoms with Crippen LogP contribution in [0.4, 0.5) is 15.3 Å². The van der Waals surface area contributed by atoms with E-state index in [4.69, 9.17) is 4.74 Å². The number of carbonyl (C=O) groups excluding carboxylic acids is 3.